The van der Waals surface area contributed by atoms with Gasteiger partial charge < -0.3 is 5.32 Å². The van der Waals surface area contributed by atoms with Gasteiger partial charge in [0.2, 0.25) is 0 Å². The molecule has 0 radical (unpaired) electrons. The molecule has 1 aliphatic heterocycles. The van der Waals surface area contributed by atoms with Crippen LogP contribution in [0.15, 0.2) is 24.3 Å². The first kappa shape index (κ1) is 11.7. The van der Waals surface area contributed by atoms with Crippen LogP contribution in [0.25, 0.3) is 0 Å². The molecule has 0 spiro atoms. The Kier molecular flexibility index (Phi) is 3.13. The molecule has 2 unspecified atom stereocenters. The molecule has 1 aliphatic rings. The summed E-state index contributed by atoms with van der Waals surface area (Å²) in [5.41, 5.74) is 0.723. The maximum atomic E-state index is 13.1. The summed E-state index contributed by atoms with van der Waals surface area (Å²) in [5, 5.41) is 3.41. The van der Waals surface area contributed by atoms with E-state index in [2.05, 4.69) is 5.32 Å². The average molecular weight is 241 g/mol. The number of rotatable bonds is 1. The maximum absolute atomic E-state index is 13.1. The van der Waals surface area contributed by atoms with Gasteiger partial charge in [0.15, 0.2) is 0 Å². The first-order valence-electron chi connectivity index (χ1n) is 5.34. The Hall–Kier alpha value is -0.740. The summed E-state index contributed by atoms with van der Waals surface area (Å²) < 4.78 is 24.8. The van der Waals surface area contributed by atoms with E-state index >= 15 is 0 Å². The summed E-state index contributed by atoms with van der Waals surface area (Å²) in [6.07, 6.45) is 0. The van der Waals surface area contributed by atoms with Crippen molar-refractivity contribution in [3.05, 3.63) is 35.6 Å². The van der Waals surface area contributed by atoms with Crippen LogP contribution >= 0.6 is 0 Å². The van der Waals surface area contributed by atoms with Crippen molar-refractivity contribution in [1.29, 1.82) is 0 Å². The zero-order valence-corrected chi connectivity index (χ0v) is 10.3. The van der Waals surface area contributed by atoms with Crippen molar-refractivity contribution < 1.29 is 8.60 Å². The summed E-state index contributed by atoms with van der Waals surface area (Å²) >= 11 is 0. The molecule has 0 amide bonds. The zero-order valence-electron chi connectivity index (χ0n) is 9.50. The van der Waals surface area contributed by atoms with Gasteiger partial charge >= 0.3 is 0 Å². The van der Waals surface area contributed by atoms with Gasteiger partial charge in [0, 0.05) is 33.9 Å². The van der Waals surface area contributed by atoms with Gasteiger partial charge in [-0.2, -0.15) is 0 Å². The SMILES string of the molecule is CC1(C)CS(=O)CC(c2cccc(F)c2)N1. The van der Waals surface area contributed by atoms with E-state index in [1.54, 1.807) is 6.07 Å². The molecule has 16 heavy (non-hydrogen) atoms. The van der Waals surface area contributed by atoms with E-state index in [1.165, 1.54) is 12.1 Å². The third-order valence-electron chi connectivity index (χ3n) is 2.69. The summed E-state index contributed by atoms with van der Waals surface area (Å²) in [4.78, 5) is 0. The summed E-state index contributed by atoms with van der Waals surface area (Å²) in [6, 6.07) is 6.49. The molecule has 1 fully saturated rings. The molecule has 1 heterocycles. The molecule has 2 atom stereocenters. The predicted octanol–water partition coefficient (Wildman–Crippen LogP) is 2.00. The molecular weight excluding hydrogens is 225 g/mol. The van der Waals surface area contributed by atoms with Gasteiger partial charge in [0.1, 0.15) is 5.82 Å². The largest absolute Gasteiger partial charge is 0.303 e. The highest BCUT2D eigenvalue weighted by atomic mass is 32.2. The molecule has 88 valence electrons. The van der Waals surface area contributed by atoms with Crippen molar-refractivity contribution >= 4 is 10.8 Å². The summed E-state index contributed by atoms with van der Waals surface area (Å²) in [5.74, 6) is 0.972. The standard InChI is InChI=1S/C12H16FNOS/c1-12(2)8-16(15)7-11(14-12)9-4-3-5-10(13)6-9/h3-6,11,14H,7-8H2,1-2H3. The third-order valence-corrected chi connectivity index (χ3v) is 4.44. The van der Waals surface area contributed by atoms with Gasteiger partial charge in [-0.3, -0.25) is 4.21 Å². The van der Waals surface area contributed by atoms with E-state index < -0.39 is 10.8 Å². The molecule has 1 saturated heterocycles. The minimum absolute atomic E-state index is 0.0136. The molecule has 0 bridgehead atoms. The maximum Gasteiger partial charge on any atom is 0.123 e. The summed E-state index contributed by atoms with van der Waals surface area (Å²) in [6.45, 7) is 4.05. The molecule has 0 aromatic heterocycles. The van der Waals surface area contributed by atoms with Gasteiger partial charge in [-0.05, 0) is 31.5 Å². The number of benzene rings is 1. The number of hydrogen-bond donors (Lipinski definition) is 1. The second-order valence-electron chi connectivity index (χ2n) is 4.89. The van der Waals surface area contributed by atoms with E-state index in [0.29, 0.717) is 11.5 Å². The summed E-state index contributed by atoms with van der Waals surface area (Å²) in [7, 11) is -0.832. The zero-order chi connectivity index (χ0) is 11.8. The van der Waals surface area contributed by atoms with E-state index in [0.717, 1.165) is 5.56 Å². The third kappa shape index (κ3) is 2.68. The molecule has 0 saturated carbocycles. The monoisotopic (exact) mass is 241 g/mol. The molecule has 1 N–H and O–H groups in total. The van der Waals surface area contributed by atoms with Gasteiger partial charge in [-0.25, -0.2) is 4.39 Å². The fraction of sp³-hybridized carbons (Fsp3) is 0.500. The fourth-order valence-corrected chi connectivity index (χ4v) is 3.76. The normalized spacial score (nSPS) is 28.9. The van der Waals surface area contributed by atoms with Crippen LogP contribution in [0, 0.1) is 5.82 Å². The minimum Gasteiger partial charge on any atom is -0.303 e. The predicted molar refractivity (Wildman–Crippen MR) is 64.2 cm³/mol. The van der Waals surface area contributed by atoms with Gasteiger partial charge in [-0.15, -0.1) is 0 Å². The Labute approximate surface area is 97.7 Å². The Balaban J connectivity index is 2.24. The quantitative estimate of drug-likeness (QED) is 0.814. The second-order valence-corrected chi connectivity index (χ2v) is 6.39. The number of nitrogens with one attached hydrogen (secondary N) is 1. The van der Waals surface area contributed by atoms with E-state index in [4.69, 9.17) is 0 Å². The lowest BCUT2D eigenvalue weighted by molar-refractivity contribution is 0.368. The smallest absolute Gasteiger partial charge is 0.123 e. The van der Waals surface area contributed by atoms with E-state index in [9.17, 15) is 8.60 Å². The van der Waals surface area contributed by atoms with Crippen molar-refractivity contribution in [3.8, 4) is 0 Å². The fourth-order valence-electron chi connectivity index (χ4n) is 2.11. The van der Waals surface area contributed by atoms with Crippen LogP contribution in [0.4, 0.5) is 4.39 Å². The van der Waals surface area contributed by atoms with Crippen molar-refractivity contribution in [3.63, 3.8) is 0 Å². The lowest BCUT2D eigenvalue weighted by atomic mass is 10.0. The molecule has 1 aromatic rings. The van der Waals surface area contributed by atoms with Crippen molar-refractivity contribution in [2.75, 3.05) is 11.5 Å². The van der Waals surface area contributed by atoms with Crippen molar-refractivity contribution in [2.24, 2.45) is 0 Å². The highest BCUT2D eigenvalue weighted by Gasteiger charge is 2.32. The highest BCUT2D eigenvalue weighted by molar-refractivity contribution is 7.85. The average Bonchev–Trinajstić information content (AvgIpc) is 2.14. The van der Waals surface area contributed by atoms with Crippen LogP contribution in [0.3, 0.4) is 0 Å². The van der Waals surface area contributed by atoms with Crippen LogP contribution in [0.2, 0.25) is 0 Å². The molecule has 2 rings (SSSR count). The van der Waals surface area contributed by atoms with E-state index in [-0.39, 0.29) is 17.4 Å². The molecule has 1 aromatic carbocycles. The van der Waals surface area contributed by atoms with Gasteiger partial charge in [-0.1, -0.05) is 12.1 Å². The Morgan fingerprint density at radius 3 is 2.88 bits per heavy atom. The highest BCUT2D eigenvalue weighted by Crippen LogP contribution is 2.24. The molecular formula is C12H16FNOS. The van der Waals surface area contributed by atoms with Crippen LogP contribution in [0.5, 0.6) is 0 Å². The molecule has 4 heteroatoms. The first-order valence-corrected chi connectivity index (χ1v) is 6.83. The lowest BCUT2D eigenvalue weighted by Gasteiger charge is -2.36. The molecule has 2 nitrogen and oxygen atoms in total. The Morgan fingerprint density at radius 1 is 1.50 bits per heavy atom. The van der Waals surface area contributed by atoms with Crippen molar-refractivity contribution in [2.45, 2.75) is 25.4 Å². The Morgan fingerprint density at radius 2 is 2.25 bits per heavy atom. The second kappa shape index (κ2) is 4.26. The van der Waals surface area contributed by atoms with Gasteiger partial charge in [0.25, 0.3) is 0 Å². The topological polar surface area (TPSA) is 29.1 Å². The number of halogens is 1. The van der Waals surface area contributed by atoms with Crippen LogP contribution < -0.4 is 5.32 Å². The Bertz CT molecular complexity index is 419. The lowest BCUT2D eigenvalue weighted by Crippen LogP contribution is -2.52. The number of hydrogen-bond acceptors (Lipinski definition) is 2. The first-order chi connectivity index (χ1) is 7.46. The van der Waals surface area contributed by atoms with Crippen LogP contribution in [-0.4, -0.2) is 21.3 Å². The molecule has 0 aliphatic carbocycles. The van der Waals surface area contributed by atoms with Crippen LogP contribution in [0.1, 0.15) is 25.5 Å². The van der Waals surface area contributed by atoms with Gasteiger partial charge in [0.05, 0.1) is 0 Å². The van der Waals surface area contributed by atoms with E-state index in [1.807, 2.05) is 19.9 Å². The van der Waals surface area contributed by atoms with Crippen LogP contribution in [-0.2, 0) is 10.8 Å². The van der Waals surface area contributed by atoms with Crippen molar-refractivity contribution in [1.82, 2.24) is 5.32 Å². The minimum atomic E-state index is -0.832.